The normalized spacial score (nSPS) is 10.1. The molecular weight excluding hydrogens is 247 g/mol. The van der Waals surface area contributed by atoms with Crippen molar-refractivity contribution in [1.29, 1.82) is 5.26 Å². The Morgan fingerprint density at radius 1 is 1.22 bits per heavy atom. The Balaban J connectivity index is 2.82. The fraction of sp³-hybridized carbons (Fsp3) is 0.143. The van der Waals surface area contributed by atoms with Gasteiger partial charge in [0.05, 0.1) is 5.56 Å². The lowest BCUT2D eigenvalue weighted by Gasteiger charge is -2.11. The topological polar surface area (TPSA) is 39.6 Å². The van der Waals surface area contributed by atoms with Crippen molar-refractivity contribution in [2.45, 2.75) is 13.8 Å². The van der Waals surface area contributed by atoms with Gasteiger partial charge in [-0.05, 0) is 37.1 Å². The quantitative estimate of drug-likeness (QED) is 0.784. The molecule has 1 heterocycles. The highest BCUT2D eigenvalue weighted by Gasteiger charge is 2.12. The maximum atomic E-state index is 13.0. The Kier molecular flexibility index (Phi) is 3.26. The molecule has 0 unspecified atom stereocenters. The molecule has 0 radical (unpaired) electrons. The third kappa shape index (κ3) is 2.05. The van der Waals surface area contributed by atoms with E-state index in [4.69, 9.17) is 12.2 Å². The van der Waals surface area contributed by atoms with Gasteiger partial charge in [0.15, 0.2) is 0 Å². The first-order chi connectivity index (χ1) is 8.54. The Labute approximate surface area is 110 Å². The summed E-state index contributed by atoms with van der Waals surface area (Å²) in [6, 6.07) is 8.19. The lowest BCUT2D eigenvalue weighted by atomic mass is 9.96. The molecule has 0 saturated carbocycles. The monoisotopic (exact) mass is 258 g/mol. The number of aryl methyl sites for hydroxylation is 1. The molecule has 0 fully saturated rings. The summed E-state index contributed by atoms with van der Waals surface area (Å²) in [7, 11) is 0. The lowest BCUT2D eigenvalue weighted by molar-refractivity contribution is 0.628. The van der Waals surface area contributed by atoms with E-state index in [0.29, 0.717) is 10.2 Å². The minimum absolute atomic E-state index is 0.298. The second kappa shape index (κ2) is 4.71. The first kappa shape index (κ1) is 12.5. The molecule has 0 aliphatic carbocycles. The molecule has 0 atom stereocenters. The molecular formula is C14H11FN2S. The molecule has 18 heavy (non-hydrogen) atoms. The molecule has 2 nitrogen and oxygen atoms in total. The summed E-state index contributed by atoms with van der Waals surface area (Å²) in [5.74, 6) is -0.298. The van der Waals surface area contributed by atoms with Gasteiger partial charge in [0, 0.05) is 11.3 Å². The van der Waals surface area contributed by atoms with Crippen LogP contribution in [0.5, 0.6) is 0 Å². The predicted molar refractivity (Wildman–Crippen MR) is 71.2 cm³/mol. The van der Waals surface area contributed by atoms with Crippen LogP contribution < -0.4 is 0 Å². The zero-order valence-corrected chi connectivity index (χ0v) is 10.9. The second-order valence-electron chi connectivity index (χ2n) is 4.07. The third-order valence-electron chi connectivity index (χ3n) is 2.96. The van der Waals surface area contributed by atoms with Crippen molar-refractivity contribution < 1.29 is 4.39 Å². The Bertz CT molecular complexity index is 693. The SMILES string of the molecule is Cc1[nH]c(=S)c(C#N)c(-c2ccc(F)cc2)c1C. The maximum absolute atomic E-state index is 13.0. The molecule has 90 valence electrons. The second-order valence-corrected chi connectivity index (χ2v) is 4.48. The summed E-state index contributed by atoms with van der Waals surface area (Å²) < 4.78 is 13.4. The van der Waals surface area contributed by atoms with E-state index < -0.39 is 0 Å². The van der Waals surface area contributed by atoms with Crippen LogP contribution in [0.4, 0.5) is 4.39 Å². The van der Waals surface area contributed by atoms with Crippen molar-refractivity contribution in [3.05, 3.63) is 51.5 Å². The van der Waals surface area contributed by atoms with Gasteiger partial charge in [-0.25, -0.2) is 4.39 Å². The van der Waals surface area contributed by atoms with Crippen molar-refractivity contribution in [1.82, 2.24) is 4.98 Å². The first-order valence-electron chi connectivity index (χ1n) is 5.44. The fourth-order valence-corrected chi connectivity index (χ4v) is 2.20. The minimum atomic E-state index is -0.298. The molecule has 2 rings (SSSR count). The van der Waals surface area contributed by atoms with Crippen LogP contribution in [0.25, 0.3) is 11.1 Å². The number of hydrogen-bond acceptors (Lipinski definition) is 2. The summed E-state index contributed by atoms with van der Waals surface area (Å²) in [5, 5.41) is 9.22. The molecule has 2 aromatic rings. The summed E-state index contributed by atoms with van der Waals surface area (Å²) in [5.41, 5.74) is 3.87. The molecule has 4 heteroatoms. The number of halogens is 1. The van der Waals surface area contributed by atoms with Crippen LogP contribution in [-0.4, -0.2) is 4.98 Å². The smallest absolute Gasteiger partial charge is 0.123 e. The molecule has 1 aromatic carbocycles. The zero-order valence-electron chi connectivity index (χ0n) is 10.0. The van der Waals surface area contributed by atoms with Crippen LogP contribution in [0, 0.1) is 35.6 Å². The largest absolute Gasteiger partial charge is 0.349 e. The molecule has 0 aliphatic rings. The number of pyridine rings is 1. The van der Waals surface area contributed by atoms with E-state index in [0.717, 1.165) is 22.4 Å². The highest BCUT2D eigenvalue weighted by atomic mass is 32.1. The van der Waals surface area contributed by atoms with E-state index in [-0.39, 0.29) is 5.82 Å². The van der Waals surface area contributed by atoms with E-state index >= 15 is 0 Å². The van der Waals surface area contributed by atoms with Crippen LogP contribution in [-0.2, 0) is 0 Å². The predicted octanol–water partition coefficient (Wildman–Crippen LogP) is 4.04. The first-order valence-corrected chi connectivity index (χ1v) is 5.85. The number of nitriles is 1. The van der Waals surface area contributed by atoms with Gasteiger partial charge in [-0.15, -0.1) is 0 Å². The summed E-state index contributed by atoms with van der Waals surface area (Å²) >= 11 is 5.16. The van der Waals surface area contributed by atoms with Crippen molar-refractivity contribution in [2.75, 3.05) is 0 Å². The average molecular weight is 258 g/mol. The van der Waals surface area contributed by atoms with Gasteiger partial charge in [0.1, 0.15) is 16.5 Å². The van der Waals surface area contributed by atoms with E-state index in [9.17, 15) is 9.65 Å². The third-order valence-corrected chi connectivity index (χ3v) is 3.27. The van der Waals surface area contributed by atoms with E-state index in [1.165, 1.54) is 12.1 Å². The number of nitrogens with one attached hydrogen (secondary N) is 1. The fourth-order valence-electron chi connectivity index (χ4n) is 1.90. The average Bonchev–Trinajstić information content (AvgIpc) is 2.35. The summed E-state index contributed by atoms with van der Waals surface area (Å²) in [6.45, 7) is 3.82. The number of hydrogen-bond donors (Lipinski definition) is 1. The number of H-pyrrole nitrogens is 1. The van der Waals surface area contributed by atoms with Gasteiger partial charge >= 0.3 is 0 Å². The van der Waals surface area contributed by atoms with E-state index in [1.54, 1.807) is 12.1 Å². The van der Waals surface area contributed by atoms with Crippen molar-refractivity contribution in [3.8, 4) is 17.2 Å². The van der Waals surface area contributed by atoms with Crippen molar-refractivity contribution in [2.24, 2.45) is 0 Å². The number of aromatic amines is 1. The molecule has 0 aliphatic heterocycles. The van der Waals surface area contributed by atoms with Crippen molar-refractivity contribution >= 4 is 12.2 Å². The standard InChI is InChI=1S/C14H11FN2S/c1-8-9(2)17-14(18)12(7-16)13(8)10-3-5-11(15)6-4-10/h3-6H,1-2H3,(H,17,18). The van der Waals surface area contributed by atoms with Gasteiger partial charge in [0.25, 0.3) is 0 Å². The number of rotatable bonds is 1. The number of nitrogens with zero attached hydrogens (tertiary/aromatic N) is 1. The lowest BCUT2D eigenvalue weighted by Crippen LogP contribution is -1.97. The van der Waals surface area contributed by atoms with Gasteiger partial charge in [-0.3, -0.25) is 0 Å². The van der Waals surface area contributed by atoms with Crippen LogP contribution in [0.3, 0.4) is 0 Å². The highest BCUT2D eigenvalue weighted by Crippen LogP contribution is 2.29. The molecule has 1 aromatic heterocycles. The highest BCUT2D eigenvalue weighted by molar-refractivity contribution is 7.71. The summed E-state index contributed by atoms with van der Waals surface area (Å²) in [6.07, 6.45) is 0. The Hall–Kier alpha value is -1.99. The number of aromatic nitrogens is 1. The van der Waals surface area contributed by atoms with Crippen molar-refractivity contribution in [3.63, 3.8) is 0 Å². The Morgan fingerprint density at radius 3 is 2.39 bits per heavy atom. The van der Waals surface area contributed by atoms with Crippen LogP contribution >= 0.6 is 12.2 Å². The molecule has 0 amide bonds. The summed E-state index contributed by atoms with van der Waals surface area (Å²) in [4.78, 5) is 3.00. The number of benzene rings is 1. The van der Waals surface area contributed by atoms with E-state index in [2.05, 4.69) is 11.1 Å². The molecule has 0 bridgehead atoms. The van der Waals surface area contributed by atoms with Crippen LogP contribution in [0.15, 0.2) is 24.3 Å². The molecule has 0 spiro atoms. The molecule has 0 saturated heterocycles. The van der Waals surface area contributed by atoms with Crippen LogP contribution in [0.1, 0.15) is 16.8 Å². The van der Waals surface area contributed by atoms with Gasteiger partial charge < -0.3 is 4.98 Å². The van der Waals surface area contributed by atoms with E-state index in [1.807, 2.05) is 13.8 Å². The van der Waals surface area contributed by atoms with Gasteiger partial charge in [-0.1, -0.05) is 24.4 Å². The molecule has 1 N–H and O–H groups in total. The van der Waals surface area contributed by atoms with Crippen LogP contribution in [0.2, 0.25) is 0 Å². The zero-order chi connectivity index (χ0) is 13.3. The van der Waals surface area contributed by atoms with Gasteiger partial charge in [-0.2, -0.15) is 5.26 Å². The minimum Gasteiger partial charge on any atom is -0.349 e. The maximum Gasteiger partial charge on any atom is 0.123 e. The Morgan fingerprint density at radius 2 is 1.83 bits per heavy atom. The van der Waals surface area contributed by atoms with Gasteiger partial charge in [0.2, 0.25) is 0 Å².